The summed E-state index contributed by atoms with van der Waals surface area (Å²) in [5.41, 5.74) is 0.791. The first kappa shape index (κ1) is 18.6. The molecule has 1 aromatic heterocycles. The molecule has 3 rings (SSSR count). The molecule has 27 heavy (non-hydrogen) atoms. The molecular formula is C20H19F2N3O2. The van der Waals surface area contributed by atoms with E-state index in [-0.39, 0.29) is 18.1 Å². The maximum absolute atomic E-state index is 14.3. The molecule has 140 valence electrons. The van der Waals surface area contributed by atoms with Gasteiger partial charge in [0.1, 0.15) is 17.7 Å². The van der Waals surface area contributed by atoms with E-state index in [1.54, 1.807) is 48.3 Å². The van der Waals surface area contributed by atoms with Gasteiger partial charge in [-0.2, -0.15) is 0 Å². The summed E-state index contributed by atoms with van der Waals surface area (Å²) in [6, 6.07) is 9.76. The Kier molecular flexibility index (Phi) is 5.49. The van der Waals surface area contributed by atoms with E-state index in [0.29, 0.717) is 17.0 Å². The van der Waals surface area contributed by atoms with Crippen LogP contribution < -0.4 is 10.1 Å². The van der Waals surface area contributed by atoms with Crippen LogP contribution in [0.2, 0.25) is 0 Å². The van der Waals surface area contributed by atoms with Crippen LogP contribution in [0.5, 0.6) is 5.75 Å². The SMILES string of the molecule is COc1ccc(CC(=O)N[C@H](c2ccccc2F)c2nccn2C)cc1F. The van der Waals surface area contributed by atoms with Gasteiger partial charge < -0.3 is 14.6 Å². The third-order valence-electron chi connectivity index (χ3n) is 4.22. The molecule has 0 saturated carbocycles. The van der Waals surface area contributed by atoms with E-state index < -0.39 is 17.7 Å². The molecule has 0 aliphatic carbocycles. The summed E-state index contributed by atoms with van der Waals surface area (Å²) in [4.78, 5) is 16.8. The second-order valence-corrected chi connectivity index (χ2v) is 6.06. The lowest BCUT2D eigenvalue weighted by molar-refractivity contribution is -0.121. The van der Waals surface area contributed by atoms with Crippen molar-refractivity contribution >= 4 is 5.91 Å². The minimum Gasteiger partial charge on any atom is -0.494 e. The standard InChI is InChI=1S/C20H19F2N3O2/c1-25-10-9-23-20(25)19(14-5-3-4-6-15(14)21)24-18(26)12-13-7-8-17(27-2)16(22)11-13/h3-11,19H,12H2,1-2H3,(H,24,26)/t19-/m1/s1. The second-order valence-electron chi connectivity index (χ2n) is 6.06. The van der Waals surface area contributed by atoms with Gasteiger partial charge in [-0.15, -0.1) is 0 Å². The monoisotopic (exact) mass is 371 g/mol. The van der Waals surface area contributed by atoms with Crippen LogP contribution >= 0.6 is 0 Å². The molecule has 0 bridgehead atoms. The zero-order valence-corrected chi connectivity index (χ0v) is 14.9. The number of methoxy groups -OCH3 is 1. The highest BCUT2D eigenvalue weighted by molar-refractivity contribution is 5.79. The lowest BCUT2D eigenvalue weighted by Crippen LogP contribution is -2.32. The number of halogens is 2. The highest BCUT2D eigenvalue weighted by atomic mass is 19.1. The summed E-state index contributed by atoms with van der Waals surface area (Å²) in [6.07, 6.45) is 3.23. The number of aryl methyl sites for hydroxylation is 1. The number of carbonyl (C=O) groups excluding carboxylic acids is 1. The average Bonchev–Trinajstić information content (AvgIpc) is 3.06. The highest BCUT2D eigenvalue weighted by Gasteiger charge is 2.23. The number of aromatic nitrogens is 2. The molecule has 5 nitrogen and oxygen atoms in total. The second kappa shape index (κ2) is 7.99. The predicted molar refractivity (Wildman–Crippen MR) is 96.2 cm³/mol. The Balaban J connectivity index is 1.84. The zero-order chi connectivity index (χ0) is 19.4. The van der Waals surface area contributed by atoms with Gasteiger partial charge in [-0.3, -0.25) is 4.79 Å². The lowest BCUT2D eigenvalue weighted by atomic mass is 10.0. The molecule has 0 radical (unpaired) electrons. The smallest absolute Gasteiger partial charge is 0.225 e. The maximum atomic E-state index is 14.3. The van der Waals surface area contributed by atoms with Crippen molar-refractivity contribution in [3.05, 3.63) is 83.4 Å². The van der Waals surface area contributed by atoms with Crippen LogP contribution in [0.4, 0.5) is 8.78 Å². The number of imidazole rings is 1. The summed E-state index contributed by atoms with van der Waals surface area (Å²) in [5.74, 6) is -0.763. The molecule has 0 saturated heterocycles. The van der Waals surface area contributed by atoms with Gasteiger partial charge in [0.05, 0.1) is 13.5 Å². The van der Waals surface area contributed by atoms with E-state index in [4.69, 9.17) is 4.74 Å². The molecular weight excluding hydrogens is 352 g/mol. The first-order valence-electron chi connectivity index (χ1n) is 8.33. The number of hydrogen-bond acceptors (Lipinski definition) is 3. The number of hydrogen-bond donors (Lipinski definition) is 1. The summed E-state index contributed by atoms with van der Waals surface area (Å²) in [5, 5.41) is 2.80. The number of benzene rings is 2. The topological polar surface area (TPSA) is 56.1 Å². The van der Waals surface area contributed by atoms with Gasteiger partial charge in [-0.25, -0.2) is 13.8 Å². The molecule has 1 N–H and O–H groups in total. The molecule has 1 atom stereocenters. The van der Waals surface area contributed by atoms with E-state index >= 15 is 0 Å². The molecule has 0 unspecified atom stereocenters. The fourth-order valence-corrected chi connectivity index (χ4v) is 2.86. The van der Waals surface area contributed by atoms with E-state index in [9.17, 15) is 13.6 Å². The van der Waals surface area contributed by atoms with Crippen molar-refractivity contribution in [1.82, 2.24) is 14.9 Å². The van der Waals surface area contributed by atoms with E-state index in [2.05, 4.69) is 10.3 Å². The molecule has 3 aromatic rings. The average molecular weight is 371 g/mol. The Hall–Kier alpha value is -3.22. The third kappa shape index (κ3) is 4.13. The molecule has 0 aliphatic rings. The molecule has 1 heterocycles. The van der Waals surface area contributed by atoms with Gasteiger partial charge in [-0.1, -0.05) is 24.3 Å². The van der Waals surface area contributed by atoms with E-state index in [1.807, 2.05) is 0 Å². The summed E-state index contributed by atoms with van der Waals surface area (Å²) in [6.45, 7) is 0. The van der Waals surface area contributed by atoms with Crippen LogP contribution in [0, 0.1) is 11.6 Å². The predicted octanol–water partition coefficient (Wildman–Crippen LogP) is 3.16. The maximum Gasteiger partial charge on any atom is 0.225 e. The van der Waals surface area contributed by atoms with Crippen molar-refractivity contribution in [2.75, 3.05) is 7.11 Å². The van der Waals surface area contributed by atoms with Crippen LogP contribution in [-0.2, 0) is 18.3 Å². The van der Waals surface area contributed by atoms with Crippen molar-refractivity contribution in [3.8, 4) is 5.75 Å². The first-order valence-corrected chi connectivity index (χ1v) is 8.33. The normalized spacial score (nSPS) is 11.9. The molecule has 0 fully saturated rings. The quantitative estimate of drug-likeness (QED) is 0.724. The highest BCUT2D eigenvalue weighted by Crippen LogP contribution is 2.23. The Morgan fingerprint density at radius 2 is 2.00 bits per heavy atom. The van der Waals surface area contributed by atoms with Gasteiger partial charge in [0.2, 0.25) is 5.91 Å². The fourth-order valence-electron chi connectivity index (χ4n) is 2.86. The van der Waals surface area contributed by atoms with Gasteiger partial charge in [-0.05, 0) is 23.8 Å². The third-order valence-corrected chi connectivity index (χ3v) is 4.22. The fraction of sp³-hybridized carbons (Fsp3) is 0.200. The number of ether oxygens (including phenoxy) is 1. The number of nitrogens with one attached hydrogen (secondary N) is 1. The van der Waals surface area contributed by atoms with Crippen LogP contribution in [0.3, 0.4) is 0 Å². The van der Waals surface area contributed by atoms with E-state index in [1.165, 1.54) is 25.3 Å². The summed E-state index contributed by atoms with van der Waals surface area (Å²) < 4.78 is 34.8. The number of carbonyl (C=O) groups is 1. The van der Waals surface area contributed by atoms with Gasteiger partial charge in [0.15, 0.2) is 11.6 Å². The minimum atomic E-state index is -0.762. The Morgan fingerprint density at radius 3 is 2.63 bits per heavy atom. The van der Waals surface area contributed by atoms with Gasteiger partial charge in [0.25, 0.3) is 0 Å². The zero-order valence-electron chi connectivity index (χ0n) is 14.9. The van der Waals surface area contributed by atoms with Crippen molar-refractivity contribution < 1.29 is 18.3 Å². The largest absolute Gasteiger partial charge is 0.494 e. The van der Waals surface area contributed by atoms with E-state index in [0.717, 1.165) is 0 Å². The molecule has 2 aromatic carbocycles. The summed E-state index contributed by atoms with van der Waals surface area (Å²) >= 11 is 0. The van der Waals surface area contributed by atoms with Crippen LogP contribution in [-0.4, -0.2) is 22.6 Å². The van der Waals surface area contributed by atoms with Gasteiger partial charge >= 0.3 is 0 Å². The molecule has 1 amide bonds. The minimum absolute atomic E-state index is 0.0592. The summed E-state index contributed by atoms with van der Waals surface area (Å²) in [7, 11) is 3.14. The molecule has 0 spiro atoms. The first-order chi connectivity index (χ1) is 13.0. The van der Waals surface area contributed by atoms with Gasteiger partial charge in [0, 0.05) is 25.0 Å². The molecule has 0 aliphatic heterocycles. The van der Waals surface area contributed by atoms with Crippen molar-refractivity contribution in [2.45, 2.75) is 12.5 Å². The number of rotatable bonds is 6. The Labute approximate surface area is 155 Å². The van der Waals surface area contributed by atoms with Crippen LogP contribution in [0.1, 0.15) is 23.0 Å². The Bertz CT molecular complexity index is 956. The van der Waals surface area contributed by atoms with Crippen molar-refractivity contribution in [2.24, 2.45) is 7.05 Å². The number of nitrogens with zero attached hydrogens (tertiary/aromatic N) is 2. The lowest BCUT2D eigenvalue weighted by Gasteiger charge is -2.20. The number of amides is 1. The molecule has 7 heteroatoms. The Morgan fingerprint density at radius 1 is 1.22 bits per heavy atom. The van der Waals surface area contributed by atoms with Crippen molar-refractivity contribution in [1.29, 1.82) is 0 Å². The van der Waals surface area contributed by atoms with Crippen LogP contribution in [0.25, 0.3) is 0 Å². The van der Waals surface area contributed by atoms with Crippen LogP contribution in [0.15, 0.2) is 54.9 Å². The van der Waals surface area contributed by atoms with Crippen molar-refractivity contribution in [3.63, 3.8) is 0 Å².